The van der Waals surface area contributed by atoms with Gasteiger partial charge < -0.3 is 30.5 Å². The van der Waals surface area contributed by atoms with Crippen LogP contribution >= 0.6 is 0 Å². The molecule has 5 N–H and O–H groups in total. The highest BCUT2D eigenvalue weighted by atomic mass is 16.5. The molecule has 2 rings (SSSR count). The van der Waals surface area contributed by atoms with Gasteiger partial charge in [0.05, 0.1) is 37.0 Å². The third-order valence-electron chi connectivity index (χ3n) is 4.05. The normalized spacial score (nSPS) is 30.9. The summed E-state index contributed by atoms with van der Waals surface area (Å²) in [4.78, 5) is 11.8. The van der Waals surface area contributed by atoms with Gasteiger partial charge in [-0.1, -0.05) is 18.2 Å². The number of carbonyl (C=O) groups excluding carboxylic acids is 1. The van der Waals surface area contributed by atoms with Crippen LogP contribution in [0.4, 0.5) is 0 Å². The van der Waals surface area contributed by atoms with Crippen LogP contribution in [-0.4, -0.2) is 70.0 Å². The molecular formula is C16H23NO6. The summed E-state index contributed by atoms with van der Waals surface area (Å²) in [6, 6.07) is 7.47. The molecule has 23 heavy (non-hydrogen) atoms. The van der Waals surface area contributed by atoms with Crippen LogP contribution in [0.15, 0.2) is 30.3 Å². The molecule has 0 aliphatic carbocycles. The van der Waals surface area contributed by atoms with Crippen LogP contribution in [0.5, 0.6) is 0 Å². The maximum atomic E-state index is 11.8. The molecular weight excluding hydrogens is 302 g/mol. The number of benzene rings is 1. The summed E-state index contributed by atoms with van der Waals surface area (Å²) in [6.07, 6.45) is -2.76. The lowest BCUT2D eigenvalue weighted by atomic mass is 9.88. The highest BCUT2D eigenvalue weighted by Crippen LogP contribution is 2.18. The number of rotatable bonds is 6. The second-order valence-electron chi connectivity index (χ2n) is 5.68. The first kappa shape index (κ1) is 17.8. The summed E-state index contributed by atoms with van der Waals surface area (Å²) in [5.41, 5.74) is 0.474. The van der Waals surface area contributed by atoms with Crippen LogP contribution < -0.4 is 5.32 Å². The van der Waals surface area contributed by atoms with E-state index in [0.717, 1.165) is 0 Å². The first-order valence-electron chi connectivity index (χ1n) is 7.68. The summed E-state index contributed by atoms with van der Waals surface area (Å²) in [5.74, 6) is -0.411. The maximum absolute atomic E-state index is 11.8. The lowest BCUT2D eigenvalue weighted by Crippen LogP contribution is -2.65. The number of nitrogens with one attached hydrogen (secondary N) is 1. The highest BCUT2D eigenvalue weighted by Gasteiger charge is 2.41. The number of carbonyl (C=O) groups is 1. The fraction of sp³-hybridized carbons (Fsp3) is 0.562. The minimum Gasteiger partial charge on any atom is -0.462 e. The molecule has 0 bridgehead atoms. The van der Waals surface area contributed by atoms with Crippen molar-refractivity contribution in [1.29, 1.82) is 0 Å². The molecule has 5 atom stereocenters. The quantitative estimate of drug-likeness (QED) is 0.337. The molecule has 1 aliphatic heterocycles. The smallest absolute Gasteiger partial charge is 0.338 e. The van der Waals surface area contributed by atoms with Crippen molar-refractivity contribution in [1.82, 2.24) is 5.32 Å². The molecule has 0 saturated carbocycles. The summed E-state index contributed by atoms with van der Waals surface area (Å²) in [5, 5.41) is 41.5. The van der Waals surface area contributed by atoms with Crippen molar-refractivity contribution in [3.05, 3.63) is 35.9 Å². The molecule has 1 aromatic carbocycles. The van der Waals surface area contributed by atoms with Gasteiger partial charge >= 0.3 is 5.97 Å². The zero-order valence-corrected chi connectivity index (χ0v) is 12.7. The Kier molecular flexibility index (Phi) is 6.49. The summed E-state index contributed by atoms with van der Waals surface area (Å²) in [7, 11) is 0. The zero-order chi connectivity index (χ0) is 16.8. The minimum atomic E-state index is -1.31. The highest BCUT2D eigenvalue weighted by molar-refractivity contribution is 5.89. The van der Waals surface area contributed by atoms with E-state index in [4.69, 9.17) is 9.84 Å². The second kappa shape index (κ2) is 8.37. The predicted molar refractivity (Wildman–Crippen MR) is 81.8 cm³/mol. The van der Waals surface area contributed by atoms with Crippen molar-refractivity contribution in [2.75, 3.05) is 13.2 Å². The molecule has 0 spiro atoms. The largest absolute Gasteiger partial charge is 0.462 e. The molecule has 0 radical (unpaired) electrons. The second-order valence-corrected chi connectivity index (χ2v) is 5.68. The minimum absolute atomic E-state index is 0.182. The molecule has 0 amide bonds. The van der Waals surface area contributed by atoms with Crippen LogP contribution in [0.25, 0.3) is 0 Å². The molecule has 128 valence electrons. The Labute approximate surface area is 134 Å². The first-order valence-corrected chi connectivity index (χ1v) is 7.68. The molecule has 7 heteroatoms. The maximum Gasteiger partial charge on any atom is 0.338 e. The molecule has 1 aromatic rings. The lowest BCUT2D eigenvalue weighted by molar-refractivity contribution is -0.120. The monoisotopic (exact) mass is 325 g/mol. The van der Waals surface area contributed by atoms with E-state index < -0.39 is 36.4 Å². The van der Waals surface area contributed by atoms with E-state index in [9.17, 15) is 20.1 Å². The van der Waals surface area contributed by atoms with Gasteiger partial charge in [-0.3, -0.25) is 0 Å². The zero-order valence-electron chi connectivity index (χ0n) is 12.7. The molecule has 1 fully saturated rings. The van der Waals surface area contributed by atoms with E-state index in [-0.39, 0.29) is 13.2 Å². The number of aliphatic hydroxyl groups is 4. The molecule has 0 aromatic heterocycles. The topological polar surface area (TPSA) is 119 Å². The number of aliphatic hydroxyl groups excluding tert-OH is 4. The van der Waals surface area contributed by atoms with Gasteiger partial charge in [-0.15, -0.1) is 0 Å². The van der Waals surface area contributed by atoms with Crippen molar-refractivity contribution >= 4 is 5.97 Å². The van der Waals surface area contributed by atoms with E-state index in [1.807, 2.05) is 6.07 Å². The third-order valence-corrected chi connectivity index (χ3v) is 4.05. The van der Waals surface area contributed by atoms with E-state index in [2.05, 4.69) is 5.32 Å². The van der Waals surface area contributed by atoms with Gasteiger partial charge in [0.2, 0.25) is 0 Å². The number of hydrogen-bond donors (Lipinski definition) is 5. The Hall–Kier alpha value is -1.51. The average molecular weight is 325 g/mol. The summed E-state index contributed by atoms with van der Waals surface area (Å²) < 4.78 is 5.15. The standard InChI is InChI=1S/C16H23NO6/c18-9-12-14(20)15(21)13(19)11(17-12)7-4-8-23-16(22)10-5-2-1-3-6-10/h1-3,5-6,11-15,17-21H,4,7-9H2/t11-,12-,13-,14-,15-/m1/s1. The third kappa shape index (κ3) is 4.49. The number of ether oxygens (including phenoxy) is 1. The molecule has 1 heterocycles. The van der Waals surface area contributed by atoms with E-state index in [1.54, 1.807) is 24.3 Å². The van der Waals surface area contributed by atoms with Crippen LogP contribution in [0.2, 0.25) is 0 Å². The van der Waals surface area contributed by atoms with Crippen molar-refractivity contribution < 1.29 is 30.0 Å². The molecule has 0 unspecified atom stereocenters. The first-order chi connectivity index (χ1) is 11.0. The Morgan fingerprint density at radius 1 is 1.04 bits per heavy atom. The Balaban J connectivity index is 1.76. The van der Waals surface area contributed by atoms with Gasteiger partial charge in [0, 0.05) is 6.04 Å². The molecule has 7 nitrogen and oxygen atoms in total. The van der Waals surface area contributed by atoms with Crippen LogP contribution in [0, 0.1) is 0 Å². The van der Waals surface area contributed by atoms with Crippen LogP contribution in [0.3, 0.4) is 0 Å². The van der Waals surface area contributed by atoms with Crippen LogP contribution in [0.1, 0.15) is 23.2 Å². The van der Waals surface area contributed by atoms with E-state index >= 15 is 0 Å². The van der Waals surface area contributed by atoms with Crippen molar-refractivity contribution in [2.45, 2.75) is 43.2 Å². The van der Waals surface area contributed by atoms with Gasteiger partial charge in [-0.05, 0) is 25.0 Å². The fourth-order valence-corrected chi connectivity index (χ4v) is 2.69. The molecule has 1 aliphatic rings. The Morgan fingerprint density at radius 3 is 2.35 bits per heavy atom. The average Bonchev–Trinajstić information content (AvgIpc) is 2.59. The summed E-state index contributed by atoms with van der Waals surface area (Å²) >= 11 is 0. The van der Waals surface area contributed by atoms with E-state index in [1.165, 1.54) is 0 Å². The number of esters is 1. The van der Waals surface area contributed by atoms with Crippen molar-refractivity contribution in [3.63, 3.8) is 0 Å². The molecule has 1 saturated heterocycles. The van der Waals surface area contributed by atoms with Gasteiger partial charge in [0.1, 0.15) is 6.10 Å². The number of piperidine rings is 1. The predicted octanol–water partition coefficient (Wildman–Crippen LogP) is -0.961. The van der Waals surface area contributed by atoms with E-state index in [0.29, 0.717) is 18.4 Å². The Morgan fingerprint density at radius 2 is 1.70 bits per heavy atom. The van der Waals surface area contributed by atoms with Gasteiger partial charge in [-0.2, -0.15) is 0 Å². The lowest BCUT2D eigenvalue weighted by Gasteiger charge is -2.41. The van der Waals surface area contributed by atoms with Crippen molar-refractivity contribution in [2.24, 2.45) is 0 Å². The summed E-state index contributed by atoms with van der Waals surface area (Å²) in [6.45, 7) is -0.161. The van der Waals surface area contributed by atoms with Gasteiger partial charge in [-0.25, -0.2) is 4.79 Å². The number of hydrogen-bond acceptors (Lipinski definition) is 7. The van der Waals surface area contributed by atoms with Gasteiger partial charge in [0.15, 0.2) is 0 Å². The SMILES string of the molecule is O=C(OCCC[C@H]1N[C@H](CO)[C@@H](O)[C@H](O)[C@@H]1O)c1ccccc1. The van der Waals surface area contributed by atoms with Gasteiger partial charge in [0.25, 0.3) is 0 Å². The Bertz CT molecular complexity index is 495. The van der Waals surface area contributed by atoms with Crippen LogP contribution in [-0.2, 0) is 4.74 Å². The fourth-order valence-electron chi connectivity index (χ4n) is 2.69. The van der Waals surface area contributed by atoms with Crippen molar-refractivity contribution in [3.8, 4) is 0 Å².